The van der Waals surface area contributed by atoms with Crippen LogP contribution in [-0.4, -0.2) is 11.1 Å². The summed E-state index contributed by atoms with van der Waals surface area (Å²) in [5.41, 5.74) is -0.729. The van der Waals surface area contributed by atoms with Crippen LogP contribution in [0.2, 0.25) is 0 Å². The second-order valence-corrected chi connectivity index (χ2v) is 2.86. The fourth-order valence-corrected chi connectivity index (χ4v) is 0.995. The van der Waals surface area contributed by atoms with Crippen molar-refractivity contribution >= 4 is 5.97 Å². The summed E-state index contributed by atoms with van der Waals surface area (Å²) in [4.78, 5) is 10.2. The number of halogens is 3. The Labute approximate surface area is 78.0 Å². The normalized spacial score (nSPS) is 11.4. The van der Waals surface area contributed by atoms with Gasteiger partial charge in [-0.2, -0.15) is 8.78 Å². The van der Waals surface area contributed by atoms with Crippen LogP contribution in [0.4, 0.5) is 13.2 Å². The van der Waals surface area contributed by atoms with E-state index in [1.165, 1.54) is 13.0 Å². The maximum absolute atomic E-state index is 12.9. The molecule has 0 amide bonds. The van der Waals surface area contributed by atoms with Crippen LogP contribution in [-0.2, 0) is 10.7 Å². The molecule has 0 aliphatic rings. The molecule has 0 heterocycles. The molecule has 0 atom stereocenters. The lowest BCUT2D eigenvalue weighted by atomic mass is 10.1. The molecule has 0 spiro atoms. The van der Waals surface area contributed by atoms with E-state index in [1.54, 1.807) is 0 Å². The SMILES string of the molecule is Cc1ccc(F)c(C(F)(F)C(=O)O)c1. The minimum absolute atomic E-state index is 0.377. The van der Waals surface area contributed by atoms with Crippen molar-refractivity contribution in [2.24, 2.45) is 0 Å². The summed E-state index contributed by atoms with van der Waals surface area (Å²) in [6.07, 6.45) is 0. The molecule has 0 saturated carbocycles. The number of hydrogen-bond donors (Lipinski definition) is 1. The summed E-state index contributed by atoms with van der Waals surface area (Å²) in [5.74, 6) is -7.76. The number of carbonyl (C=O) groups is 1. The minimum atomic E-state index is -4.18. The van der Waals surface area contributed by atoms with Crippen molar-refractivity contribution in [3.8, 4) is 0 Å². The Morgan fingerprint density at radius 1 is 1.43 bits per heavy atom. The molecule has 0 aliphatic heterocycles. The molecule has 1 aromatic rings. The highest BCUT2D eigenvalue weighted by molar-refractivity contribution is 5.77. The van der Waals surface area contributed by atoms with Gasteiger partial charge < -0.3 is 5.11 Å². The highest BCUT2D eigenvalue weighted by Gasteiger charge is 2.43. The highest BCUT2D eigenvalue weighted by Crippen LogP contribution is 2.30. The molecule has 0 radical (unpaired) electrons. The van der Waals surface area contributed by atoms with Gasteiger partial charge in [0.05, 0.1) is 5.56 Å². The third-order valence-electron chi connectivity index (χ3n) is 1.73. The lowest BCUT2D eigenvalue weighted by molar-refractivity contribution is -0.166. The fourth-order valence-electron chi connectivity index (χ4n) is 0.995. The highest BCUT2D eigenvalue weighted by atomic mass is 19.3. The van der Waals surface area contributed by atoms with E-state index in [0.29, 0.717) is 5.56 Å². The molecule has 76 valence electrons. The summed E-state index contributed by atoms with van der Waals surface area (Å²) in [6, 6.07) is 2.93. The van der Waals surface area contributed by atoms with Gasteiger partial charge in [0.15, 0.2) is 0 Å². The molecule has 0 bridgehead atoms. The maximum atomic E-state index is 12.9. The molecule has 2 nitrogen and oxygen atoms in total. The van der Waals surface area contributed by atoms with E-state index in [9.17, 15) is 18.0 Å². The van der Waals surface area contributed by atoms with Crippen molar-refractivity contribution in [1.82, 2.24) is 0 Å². The average Bonchev–Trinajstić information content (AvgIpc) is 2.08. The van der Waals surface area contributed by atoms with Crippen LogP contribution in [0.25, 0.3) is 0 Å². The van der Waals surface area contributed by atoms with Crippen LogP contribution >= 0.6 is 0 Å². The molecule has 0 saturated heterocycles. The monoisotopic (exact) mass is 204 g/mol. The predicted octanol–water partition coefficient (Wildman–Crippen LogP) is 2.31. The fraction of sp³-hybridized carbons (Fsp3) is 0.222. The lowest BCUT2D eigenvalue weighted by Gasteiger charge is -2.12. The third kappa shape index (κ3) is 1.71. The number of carboxylic acids is 1. The van der Waals surface area contributed by atoms with Gasteiger partial charge in [-0.1, -0.05) is 11.6 Å². The minimum Gasteiger partial charge on any atom is -0.477 e. The number of hydrogen-bond acceptors (Lipinski definition) is 1. The van der Waals surface area contributed by atoms with E-state index in [2.05, 4.69) is 0 Å². The first-order valence-corrected chi connectivity index (χ1v) is 3.73. The molecule has 0 fully saturated rings. The second-order valence-electron chi connectivity index (χ2n) is 2.86. The molecule has 14 heavy (non-hydrogen) atoms. The predicted molar refractivity (Wildman–Crippen MR) is 42.7 cm³/mol. The summed E-state index contributed by atoms with van der Waals surface area (Å²) < 4.78 is 38.6. The zero-order chi connectivity index (χ0) is 10.9. The van der Waals surface area contributed by atoms with Gasteiger partial charge in [-0.15, -0.1) is 0 Å². The Morgan fingerprint density at radius 2 is 2.00 bits per heavy atom. The molecule has 1 rings (SSSR count). The molecule has 0 aromatic heterocycles. The Hall–Kier alpha value is -1.52. The smallest absolute Gasteiger partial charge is 0.379 e. The van der Waals surface area contributed by atoms with Gasteiger partial charge >= 0.3 is 11.9 Å². The van der Waals surface area contributed by atoms with Crippen LogP contribution in [0, 0.1) is 12.7 Å². The molecule has 1 aromatic carbocycles. The zero-order valence-electron chi connectivity index (χ0n) is 7.22. The van der Waals surface area contributed by atoms with Gasteiger partial charge in [0.2, 0.25) is 0 Å². The summed E-state index contributed by atoms with van der Waals surface area (Å²) in [5, 5.41) is 8.19. The van der Waals surface area contributed by atoms with Crippen LogP contribution in [0.15, 0.2) is 18.2 Å². The van der Waals surface area contributed by atoms with Crippen molar-refractivity contribution in [3.63, 3.8) is 0 Å². The van der Waals surface area contributed by atoms with E-state index in [1.807, 2.05) is 0 Å². The van der Waals surface area contributed by atoms with E-state index < -0.39 is 23.3 Å². The summed E-state index contributed by atoms with van der Waals surface area (Å²) in [7, 11) is 0. The first-order valence-electron chi connectivity index (χ1n) is 3.73. The summed E-state index contributed by atoms with van der Waals surface area (Å²) >= 11 is 0. The summed E-state index contributed by atoms with van der Waals surface area (Å²) in [6.45, 7) is 1.47. The molecular formula is C9H7F3O2. The van der Waals surface area contributed by atoms with Crippen molar-refractivity contribution in [2.45, 2.75) is 12.8 Å². The largest absolute Gasteiger partial charge is 0.477 e. The van der Waals surface area contributed by atoms with Crippen LogP contribution in [0.5, 0.6) is 0 Å². The Balaban J connectivity index is 3.31. The van der Waals surface area contributed by atoms with E-state index in [-0.39, 0.29) is 0 Å². The van der Waals surface area contributed by atoms with E-state index >= 15 is 0 Å². The lowest BCUT2D eigenvalue weighted by Crippen LogP contribution is -2.26. The Bertz CT molecular complexity index is 374. The van der Waals surface area contributed by atoms with Gasteiger partial charge in [-0.05, 0) is 19.1 Å². The van der Waals surface area contributed by atoms with Gasteiger partial charge in [0.25, 0.3) is 0 Å². The molecular weight excluding hydrogens is 197 g/mol. The van der Waals surface area contributed by atoms with Crippen LogP contribution < -0.4 is 0 Å². The topological polar surface area (TPSA) is 37.3 Å². The van der Waals surface area contributed by atoms with Crippen molar-refractivity contribution < 1.29 is 23.1 Å². The van der Waals surface area contributed by atoms with Crippen LogP contribution in [0.3, 0.4) is 0 Å². The Kier molecular flexibility index (Phi) is 2.51. The third-order valence-corrected chi connectivity index (χ3v) is 1.73. The average molecular weight is 204 g/mol. The van der Waals surface area contributed by atoms with E-state index in [0.717, 1.165) is 12.1 Å². The van der Waals surface area contributed by atoms with Crippen molar-refractivity contribution in [3.05, 3.63) is 35.1 Å². The number of aliphatic carboxylic acids is 1. The molecule has 5 heteroatoms. The maximum Gasteiger partial charge on any atom is 0.379 e. The van der Waals surface area contributed by atoms with Gasteiger partial charge in [0, 0.05) is 0 Å². The number of alkyl halides is 2. The van der Waals surface area contributed by atoms with Gasteiger partial charge in [0.1, 0.15) is 5.82 Å². The molecule has 0 aliphatic carbocycles. The van der Waals surface area contributed by atoms with E-state index in [4.69, 9.17) is 5.11 Å². The standard InChI is InChI=1S/C9H7F3O2/c1-5-2-3-7(10)6(4-5)9(11,12)8(13)14/h2-4H,1H3,(H,13,14). The van der Waals surface area contributed by atoms with Gasteiger partial charge in [-0.25, -0.2) is 9.18 Å². The quantitative estimate of drug-likeness (QED) is 0.802. The Morgan fingerprint density at radius 3 is 2.50 bits per heavy atom. The molecule has 1 N–H and O–H groups in total. The van der Waals surface area contributed by atoms with Crippen molar-refractivity contribution in [2.75, 3.05) is 0 Å². The number of rotatable bonds is 2. The first-order chi connectivity index (χ1) is 6.35. The number of aryl methyl sites for hydroxylation is 1. The number of carboxylic acid groups (broad SMARTS) is 1. The number of benzene rings is 1. The second kappa shape index (κ2) is 3.32. The van der Waals surface area contributed by atoms with Crippen LogP contribution in [0.1, 0.15) is 11.1 Å². The first kappa shape index (κ1) is 10.6. The van der Waals surface area contributed by atoms with Gasteiger partial charge in [-0.3, -0.25) is 0 Å². The zero-order valence-corrected chi connectivity index (χ0v) is 7.22. The van der Waals surface area contributed by atoms with Crippen molar-refractivity contribution in [1.29, 1.82) is 0 Å². The molecule has 0 unspecified atom stereocenters.